The number of carbonyl (C=O) groups excluding carboxylic acids is 3. The molecule has 4 rings (SSSR count). The number of hydrogen-bond acceptors (Lipinski definition) is 4. The Morgan fingerprint density at radius 2 is 1.71 bits per heavy atom. The Hall–Kier alpha value is -3.12. The molecule has 0 saturated carbocycles. The summed E-state index contributed by atoms with van der Waals surface area (Å²) in [5, 5.41) is 1.59. The zero-order valence-electron chi connectivity index (χ0n) is 12.1. The summed E-state index contributed by atoms with van der Waals surface area (Å²) < 4.78 is 0. The van der Waals surface area contributed by atoms with E-state index in [1.54, 1.807) is 30.3 Å². The van der Waals surface area contributed by atoms with Gasteiger partial charge in [0.25, 0.3) is 11.8 Å². The lowest BCUT2D eigenvalue weighted by molar-refractivity contribution is -0.0583. The summed E-state index contributed by atoms with van der Waals surface area (Å²) in [6.45, 7) is 0. The number of H-pyrrole nitrogens is 1. The number of amides is 2. The maximum Gasteiger partial charge on any atom is 0.366 e. The molecule has 3 aromatic rings. The van der Waals surface area contributed by atoms with E-state index in [-0.39, 0.29) is 16.7 Å². The second-order valence-corrected chi connectivity index (χ2v) is 5.66. The molecule has 2 amide bonds. The van der Waals surface area contributed by atoms with Gasteiger partial charge in [0.2, 0.25) is 0 Å². The zero-order valence-corrected chi connectivity index (χ0v) is 12.8. The summed E-state index contributed by atoms with van der Waals surface area (Å²) in [7, 11) is 0. The monoisotopic (exact) mass is 340 g/mol. The summed E-state index contributed by atoms with van der Waals surface area (Å²) in [6, 6.07) is 11.3. The van der Waals surface area contributed by atoms with Crippen LogP contribution in [0.1, 0.15) is 31.1 Å². The van der Waals surface area contributed by atoms with Crippen LogP contribution >= 0.6 is 11.6 Å². The maximum absolute atomic E-state index is 12.4. The minimum absolute atomic E-state index is 0.207. The van der Waals surface area contributed by atoms with Crippen LogP contribution in [0.4, 0.5) is 0 Å². The van der Waals surface area contributed by atoms with Crippen molar-refractivity contribution in [3.8, 4) is 0 Å². The minimum atomic E-state index is -0.807. The molecule has 0 saturated heterocycles. The van der Waals surface area contributed by atoms with Crippen LogP contribution in [0.2, 0.25) is 5.02 Å². The molecule has 6 nitrogen and oxygen atoms in total. The van der Waals surface area contributed by atoms with Crippen LogP contribution < -0.4 is 0 Å². The lowest BCUT2D eigenvalue weighted by Crippen LogP contribution is -2.32. The van der Waals surface area contributed by atoms with E-state index in [9.17, 15) is 14.4 Å². The van der Waals surface area contributed by atoms with Crippen LogP contribution in [0, 0.1) is 0 Å². The molecule has 0 spiro atoms. The number of nitrogens with zero attached hydrogens (tertiary/aromatic N) is 1. The van der Waals surface area contributed by atoms with Gasteiger partial charge in [0, 0.05) is 22.1 Å². The number of fused-ring (bicyclic) bond motifs is 2. The van der Waals surface area contributed by atoms with Crippen LogP contribution in [-0.2, 0) is 4.84 Å². The molecule has 2 heterocycles. The number of carbonyl (C=O) groups is 3. The van der Waals surface area contributed by atoms with Crippen LogP contribution in [-0.4, -0.2) is 27.8 Å². The standard InChI is InChI=1S/C17H9ClN2O4/c18-9-5-6-10-13(8-19-14(10)7-9)17(23)24-20-15(21)11-3-1-2-4-12(11)16(20)22/h1-8,19H. The van der Waals surface area contributed by atoms with Crippen molar-refractivity contribution in [2.45, 2.75) is 0 Å². The SMILES string of the molecule is O=C(ON1C(=O)c2ccccc2C1=O)c1c[nH]c2cc(Cl)ccc12. The average molecular weight is 341 g/mol. The summed E-state index contributed by atoms with van der Waals surface area (Å²) in [5.41, 5.74) is 1.28. The molecule has 1 aliphatic heterocycles. The van der Waals surface area contributed by atoms with Crippen molar-refractivity contribution in [1.29, 1.82) is 0 Å². The van der Waals surface area contributed by atoms with Gasteiger partial charge in [0.15, 0.2) is 0 Å². The van der Waals surface area contributed by atoms with Crippen molar-refractivity contribution < 1.29 is 19.2 Å². The number of nitrogens with one attached hydrogen (secondary N) is 1. The quantitative estimate of drug-likeness (QED) is 0.726. The first-order valence-electron chi connectivity index (χ1n) is 7.03. The Labute approximate surface area is 140 Å². The van der Waals surface area contributed by atoms with Crippen molar-refractivity contribution in [2.24, 2.45) is 0 Å². The lowest BCUT2D eigenvalue weighted by atomic mass is 10.1. The summed E-state index contributed by atoms with van der Waals surface area (Å²) >= 11 is 5.90. The highest BCUT2D eigenvalue weighted by Gasteiger charge is 2.39. The van der Waals surface area contributed by atoms with E-state index < -0.39 is 17.8 Å². The molecular weight excluding hydrogens is 332 g/mol. The molecule has 2 aromatic carbocycles. The summed E-state index contributed by atoms with van der Waals surface area (Å²) in [6.07, 6.45) is 1.45. The van der Waals surface area contributed by atoms with E-state index in [0.29, 0.717) is 21.0 Å². The molecule has 7 heteroatoms. The Morgan fingerprint density at radius 1 is 1.04 bits per heavy atom. The predicted molar refractivity (Wildman–Crippen MR) is 85.7 cm³/mol. The van der Waals surface area contributed by atoms with Gasteiger partial charge in [-0.2, -0.15) is 0 Å². The molecule has 1 aromatic heterocycles. The highest BCUT2D eigenvalue weighted by atomic mass is 35.5. The van der Waals surface area contributed by atoms with Crippen molar-refractivity contribution in [2.75, 3.05) is 0 Å². The van der Waals surface area contributed by atoms with Crippen LogP contribution in [0.15, 0.2) is 48.7 Å². The van der Waals surface area contributed by atoms with Gasteiger partial charge in [0.05, 0.1) is 16.7 Å². The second kappa shape index (κ2) is 5.21. The number of aromatic amines is 1. The van der Waals surface area contributed by atoms with Gasteiger partial charge >= 0.3 is 5.97 Å². The van der Waals surface area contributed by atoms with Crippen molar-refractivity contribution in [3.05, 3.63) is 70.4 Å². The second-order valence-electron chi connectivity index (χ2n) is 5.22. The third-order valence-electron chi connectivity index (χ3n) is 3.79. The molecule has 0 unspecified atom stereocenters. The van der Waals surface area contributed by atoms with Gasteiger partial charge < -0.3 is 9.82 Å². The number of aromatic nitrogens is 1. The minimum Gasteiger partial charge on any atom is -0.360 e. The molecule has 118 valence electrons. The van der Waals surface area contributed by atoms with E-state index >= 15 is 0 Å². The Morgan fingerprint density at radius 3 is 2.38 bits per heavy atom. The zero-order chi connectivity index (χ0) is 16.8. The van der Waals surface area contributed by atoms with Gasteiger partial charge in [-0.3, -0.25) is 9.59 Å². The van der Waals surface area contributed by atoms with Gasteiger partial charge in [-0.25, -0.2) is 4.79 Å². The largest absolute Gasteiger partial charge is 0.366 e. The van der Waals surface area contributed by atoms with Crippen LogP contribution in [0.3, 0.4) is 0 Å². The Kier molecular flexibility index (Phi) is 3.14. The fraction of sp³-hybridized carbons (Fsp3) is 0. The van der Waals surface area contributed by atoms with Crippen molar-refractivity contribution in [3.63, 3.8) is 0 Å². The molecule has 1 aliphatic rings. The normalized spacial score (nSPS) is 13.5. The van der Waals surface area contributed by atoms with Crippen molar-refractivity contribution >= 4 is 40.3 Å². The molecule has 0 fully saturated rings. The smallest absolute Gasteiger partial charge is 0.360 e. The van der Waals surface area contributed by atoms with Gasteiger partial charge in [-0.1, -0.05) is 34.9 Å². The number of rotatable bonds is 2. The van der Waals surface area contributed by atoms with Gasteiger partial charge in [-0.05, 0) is 24.3 Å². The topological polar surface area (TPSA) is 79.5 Å². The predicted octanol–water partition coefficient (Wildman–Crippen LogP) is 3.19. The van der Waals surface area contributed by atoms with E-state index in [1.165, 1.54) is 18.3 Å². The van der Waals surface area contributed by atoms with Crippen LogP contribution in [0.5, 0.6) is 0 Å². The van der Waals surface area contributed by atoms with E-state index in [1.807, 2.05) is 0 Å². The molecule has 0 atom stereocenters. The number of halogens is 1. The lowest BCUT2D eigenvalue weighted by Gasteiger charge is -2.12. The number of imide groups is 1. The fourth-order valence-electron chi connectivity index (χ4n) is 2.65. The van der Waals surface area contributed by atoms with Crippen molar-refractivity contribution in [1.82, 2.24) is 10.0 Å². The van der Waals surface area contributed by atoms with E-state index in [2.05, 4.69) is 4.98 Å². The third kappa shape index (κ3) is 2.08. The molecule has 0 aliphatic carbocycles. The highest BCUT2D eigenvalue weighted by molar-refractivity contribution is 6.31. The van der Waals surface area contributed by atoms with Gasteiger partial charge in [0.1, 0.15) is 0 Å². The van der Waals surface area contributed by atoms with Crippen LogP contribution in [0.25, 0.3) is 10.9 Å². The molecular formula is C17H9ClN2O4. The Bertz CT molecular complexity index is 989. The fourth-order valence-corrected chi connectivity index (χ4v) is 2.82. The number of benzene rings is 2. The third-order valence-corrected chi connectivity index (χ3v) is 4.03. The molecule has 0 radical (unpaired) electrons. The Balaban J connectivity index is 1.65. The van der Waals surface area contributed by atoms with E-state index in [4.69, 9.17) is 16.4 Å². The first-order chi connectivity index (χ1) is 11.6. The summed E-state index contributed by atoms with van der Waals surface area (Å²) in [4.78, 5) is 44.8. The molecule has 1 N–H and O–H groups in total. The molecule has 0 bridgehead atoms. The average Bonchev–Trinajstić information content (AvgIpc) is 3.10. The van der Waals surface area contributed by atoms with Gasteiger partial charge in [-0.15, -0.1) is 0 Å². The molecule has 24 heavy (non-hydrogen) atoms. The number of hydrogen-bond donors (Lipinski definition) is 1. The maximum atomic E-state index is 12.4. The summed E-state index contributed by atoms with van der Waals surface area (Å²) in [5.74, 6) is -2.13. The highest BCUT2D eigenvalue weighted by Crippen LogP contribution is 2.26. The first kappa shape index (κ1) is 14.5. The van der Waals surface area contributed by atoms with E-state index in [0.717, 1.165) is 0 Å². The number of hydroxylamine groups is 2. The first-order valence-corrected chi connectivity index (χ1v) is 7.41.